The van der Waals surface area contributed by atoms with Crippen LogP contribution in [0.5, 0.6) is 0 Å². The van der Waals surface area contributed by atoms with Crippen LogP contribution in [0.25, 0.3) is 10.9 Å². The maximum atomic E-state index is 11.8. The molecule has 0 aliphatic heterocycles. The zero-order valence-corrected chi connectivity index (χ0v) is 16.5. The van der Waals surface area contributed by atoms with Crippen molar-refractivity contribution in [3.8, 4) is 0 Å². The van der Waals surface area contributed by atoms with Crippen LogP contribution in [-0.2, 0) is 11.2 Å². The van der Waals surface area contributed by atoms with E-state index in [9.17, 15) is 4.79 Å². The van der Waals surface area contributed by atoms with E-state index < -0.39 is 0 Å². The number of esters is 1. The molecule has 2 aromatic rings. The molecule has 1 saturated carbocycles. The monoisotopic (exact) mass is 368 g/mol. The topological polar surface area (TPSA) is 68.1 Å². The molecular weight excluding hydrogens is 336 g/mol. The summed E-state index contributed by atoms with van der Waals surface area (Å²) >= 11 is 0. The molecule has 3 aliphatic rings. The van der Waals surface area contributed by atoms with Crippen molar-refractivity contribution in [2.24, 2.45) is 23.5 Å². The minimum absolute atomic E-state index is 0.313. The van der Waals surface area contributed by atoms with Crippen LogP contribution in [0.4, 0.5) is 0 Å². The molecule has 1 heterocycles. The number of para-hydroxylation sites is 1. The molecule has 0 radical (unpaired) electrons. The van der Waals surface area contributed by atoms with Crippen molar-refractivity contribution < 1.29 is 9.53 Å². The molecule has 0 spiro atoms. The van der Waals surface area contributed by atoms with Crippen molar-refractivity contribution in [2.45, 2.75) is 46.0 Å². The number of aromatic nitrogens is 1. The maximum absolute atomic E-state index is 11.8. The van der Waals surface area contributed by atoms with E-state index in [1.165, 1.54) is 25.7 Å². The number of carbonyl (C=O) groups excluding carboxylic acids is 1. The van der Waals surface area contributed by atoms with E-state index in [4.69, 9.17) is 10.5 Å². The van der Waals surface area contributed by atoms with E-state index in [1.807, 2.05) is 24.3 Å². The smallest absolute Gasteiger partial charge is 0.355 e. The van der Waals surface area contributed by atoms with Crippen molar-refractivity contribution in [1.29, 1.82) is 0 Å². The average Bonchev–Trinajstić information content (AvgIpc) is 3.09. The number of H-pyrrole nitrogens is 1. The summed E-state index contributed by atoms with van der Waals surface area (Å²) in [6, 6.07) is 7.81. The largest absolute Gasteiger partial charge is 0.461 e. The van der Waals surface area contributed by atoms with Crippen molar-refractivity contribution >= 4 is 16.9 Å². The van der Waals surface area contributed by atoms with Gasteiger partial charge in [-0.2, -0.15) is 0 Å². The summed E-state index contributed by atoms with van der Waals surface area (Å²) < 4.78 is 5.03. The Hall–Kier alpha value is -2.07. The quantitative estimate of drug-likeness (QED) is 0.586. The van der Waals surface area contributed by atoms with Gasteiger partial charge in [0, 0.05) is 10.9 Å². The predicted molar refractivity (Wildman–Crippen MR) is 111 cm³/mol. The number of rotatable bonds is 5. The normalized spacial score (nSPS) is 23.1. The van der Waals surface area contributed by atoms with Gasteiger partial charge in [-0.1, -0.05) is 43.7 Å². The second kappa shape index (κ2) is 9.23. The van der Waals surface area contributed by atoms with Crippen LogP contribution in [0.3, 0.4) is 0 Å². The van der Waals surface area contributed by atoms with Gasteiger partial charge < -0.3 is 15.5 Å². The van der Waals surface area contributed by atoms with Crippen molar-refractivity contribution in [2.75, 3.05) is 13.2 Å². The molecule has 3 N–H and O–H groups in total. The van der Waals surface area contributed by atoms with Crippen LogP contribution in [0.1, 0.15) is 55.6 Å². The minimum atomic E-state index is -0.313. The highest BCUT2D eigenvalue weighted by Crippen LogP contribution is 2.41. The number of nitrogens with one attached hydrogen (secondary N) is 1. The Balaban J connectivity index is 0.000000177. The number of carbonyl (C=O) groups is 1. The number of hydrogen-bond acceptors (Lipinski definition) is 3. The lowest BCUT2D eigenvalue weighted by molar-refractivity contribution is 0.0519. The molecule has 1 fully saturated rings. The van der Waals surface area contributed by atoms with E-state index in [0.29, 0.717) is 25.3 Å². The molecule has 5 rings (SSSR count). The van der Waals surface area contributed by atoms with Gasteiger partial charge in [0.05, 0.1) is 6.61 Å². The summed E-state index contributed by atoms with van der Waals surface area (Å²) in [4.78, 5) is 14.9. The van der Waals surface area contributed by atoms with Gasteiger partial charge in [0.2, 0.25) is 0 Å². The Bertz CT molecular complexity index is 793. The van der Waals surface area contributed by atoms with Gasteiger partial charge in [-0.25, -0.2) is 4.79 Å². The van der Waals surface area contributed by atoms with Crippen molar-refractivity contribution in [3.63, 3.8) is 0 Å². The van der Waals surface area contributed by atoms with Crippen molar-refractivity contribution in [3.05, 3.63) is 47.7 Å². The van der Waals surface area contributed by atoms with Crippen LogP contribution < -0.4 is 5.73 Å². The zero-order chi connectivity index (χ0) is 19.2. The number of fused-ring (bicyclic) bond motifs is 3. The van der Waals surface area contributed by atoms with Gasteiger partial charge in [-0.15, -0.1) is 0 Å². The molecule has 3 atom stereocenters. The van der Waals surface area contributed by atoms with Crippen LogP contribution >= 0.6 is 0 Å². The Morgan fingerprint density at radius 3 is 2.59 bits per heavy atom. The molecule has 3 unspecified atom stereocenters. The molecule has 0 amide bonds. The lowest BCUT2D eigenvalue weighted by Gasteiger charge is -2.37. The first kappa shape index (κ1) is 19.7. The molecule has 146 valence electrons. The number of allylic oxidation sites excluding steroid dienone is 2. The van der Waals surface area contributed by atoms with Crippen LogP contribution in [-0.4, -0.2) is 24.1 Å². The summed E-state index contributed by atoms with van der Waals surface area (Å²) in [6.07, 6.45) is 11.4. The fourth-order valence-corrected chi connectivity index (χ4v) is 4.50. The summed E-state index contributed by atoms with van der Waals surface area (Å²) in [5, 5.41) is 1.04. The first-order chi connectivity index (χ1) is 13.2. The maximum Gasteiger partial charge on any atom is 0.355 e. The first-order valence-electron chi connectivity index (χ1n) is 10.3. The molecule has 4 nitrogen and oxygen atoms in total. The lowest BCUT2D eigenvalue weighted by atomic mass is 9.68. The van der Waals surface area contributed by atoms with Gasteiger partial charge in [0.1, 0.15) is 5.69 Å². The van der Waals surface area contributed by atoms with E-state index in [2.05, 4.69) is 24.1 Å². The molecule has 27 heavy (non-hydrogen) atoms. The summed E-state index contributed by atoms with van der Waals surface area (Å²) in [5.41, 5.74) is 8.00. The van der Waals surface area contributed by atoms with Gasteiger partial charge in [0.25, 0.3) is 0 Å². The molecule has 2 bridgehead atoms. The minimum Gasteiger partial charge on any atom is -0.461 e. The third-order valence-electron chi connectivity index (χ3n) is 5.92. The number of hydrogen-bond donors (Lipinski definition) is 2. The van der Waals surface area contributed by atoms with E-state index in [0.717, 1.165) is 34.2 Å². The number of aromatic amines is 1. The third-order valence-corrected chi connectivity index (χ3v) is 5.92. The molecule has 3 aliphatic carbocycles. The molecular formula is C23H32N2O2. The van der Waals surface area contributed by atoms with Gasteiger partial charge >= 0.3 is 5.97 Å². The molecule has 0 saturated heterocycles. The third kappa shape index (κ3) is 4.44. The predicted octanol–water partition coefficient (Wildman–Crippen LogP) is 4.84. The molecule has 1 aromatic carbocycles. The second-order valence-electron chi connectivity index (χ2n) is 7.57. The highest BCUT2D eigenvalue weighted by Gasteiger charge is 2.30. The molecule has 4 heteroatoms. The molecule has 1 aromatic heterocycles. The van der Waals surface area contributed by atoms with Crippen LogP contribution in [0.2, 0.25) is 0 Å². The van der Waals surface area contributed by atoms with Gasteiger partial charge in [-0.05, 0) is 68.5 Å². The van der Waals surface area contributed by atoms with E-state index in [-0.39, 0.29) is 5.97 Å². The Labute approximate surface area is 162 Å². The number of nitrogens with two attached hydrogens (primary N) is 1. The summed E-state index contributed by atoms with van der Waals surface area (Å²) in [7, 11) is 0. The van der Waals surface area contributed by atoms with E-state index >= 15 is 0 Å². The Morgan fingerprint density at radius 1 is 1.22 bits per heavy atom. The second-order valence-corrected chi connectivity index (χ2v) is 7.57. The fourth-order valence-electron chi connectivity index (χ4n) is 4.50. The van der Waals surface area contributed by atoms with E-state index in [1.54, 1.807) is 6.92 Å². The Morgan fingerprint density at radius 2 is 2.04 bits per heavy atom. The average molecular weight is 369 g/mol. The highest BCUT2D eigenvalue weighted by atomic mass is 16.5. The van der Waals surface area contributed by atoms with Crippen LogP contribution in [0, 0.1) is 17.8 Å². The Kier molecular flexibility index (Phi) is 6.73. The number of ether oxygens (including phenoxy) is 1. The highest BCUT2D eigenvalue weighted by molar-refractivity contribution is 5.98. The number of benzene rings is 1. The fraction of sp³-hybridized carbons (Fsp3) is 0.522. The van der Waals surface area contributed by atoms with Crippen LogP contribution in [0.15, 0.2) is 36.4 Å². The van der Waals surface area contributed by atoms with Gasteiger partial charge in [-0.3, -0.25) is 0 Å². The zero-order valence-electron chi connectivity index (χ0n) is 16.5. The summed E-state index contributed by atoms with van der Waals surface area (Å²) in [6.45, 7) is 5.01. The van der Waals surface area contributed by atoms with Crippen molar-refractivity contribution in [1.82, 2.24) is 4.98 Å². The van der Waals surface area contributed by atoms with Gasteiger partial charge in [0.15, 0.2) is 0 Å². The SMILES string of the molecule is CCC1CC2C=CC1CC2.CCOC(=O)c1[nH]c2ccccc2c1CCN. The first-order valence-corrected chi connectivity index (χ1v) is 10.3. The lowest BCUT2D eigenvalue weighted by Crippen LogP contribution is -2.26. The summed E-state index contributed by atoms with van der Waals surface area (Å²) in [5.74, 6) is 2.63. The standard InChI is InChI=1S/C13H16N2O2.C10H16/c1-2-17-13(16)12-10(7-8-14)9-5-3-4-6-11(9)15-12;1-2-9-7-8-3-5-10(9)6-4-8/h3-6,15H,2,7-8,14H2,1H3;3,5,8-10H,2,4,6-7H2,1H3.